The summed E-state index contributed by atoms with van der Waals surface area (Å²) in [7, 11) is 0. The van der Waals surface area contributed by atoms with Gasteiger partial charge in [-0.3, -0.25) is 0 Å². The molecule has 0 amide bonds. The zero-order chi connectivity index (χ0) is 12.8. The number of fused-ring (bicyclic) bond motifs is 2. The maximum atomic E-state index is 5.12. The van der Waals surface area contributed by atoms with Gasteiger partial charge >= 0.3 is 0 Å². The summed E-state index contributed by atoms with van der Waals surface area (Å²) in [4.78, 5) is 6.27. The number of nitrogens with one attached hydrogen (secondary N) is 2. The van der Waals surface area contributed by atoms with Crippen LogP contribution in [0, 0.1) is 4.77 Å². The highest BCUT2D eigenvalue weighted by atomic mass is 32.1. The Labute approximate surface area is 114 Å². The molecule has 92 valence electrons. The van der Waals surface area contributed by atoms with Crippen molar-refractivity contribution < 1.29 is 0 Å². The highest BCUT2D eigenvalue weighted by Crippen LogP contribution is 2.22. The molecule has 0 atom stereocenters. The quantitative estimate of drug-likeness (QED) is 0.498. The van der Waals surface area contributed by atoms with Crippen molar-refractivity contribution in [3.05, 3.63) is 59.5 Å². The minimum absolute atomic E-state index is 0.657. The number of aromatic amines is 2. The Hall–Kier alpha value is -2.33. The summed E-state index contributed by atoms with van der Waals surface area (Å²) in [5.41, 5.74) is 4.39. The SMILES string of the molecule is S=c1[nH]c2ccc(-n3ccc4ccccc43)cc2[nH]1. The van der Waals surface area contributed by atoms with Crippen molar-refractivity contribution in [1.82, 2.24) is 14.5 Å². The Morgan fingerprint density at radius 3 is 2.68 bits per heavy atom. The van der Waals surface area contributed by atoms with Crippen molar-refractivity contribution in [3.63, 3.8) is 0 Å². The second-order valence-electron chi connectivity index (χ2n) is 4.55. The minimum atomic E-state index is 0.657. The smallest absolute Gasteiger partial charge is 0.175 e. The van der Waals surface area contributed by atoms with E-state index >= 15 is 0 Å². The van der Waals surface area contributed by atoms with Crippen molar-refractivity contribution in [2.45, 2.75) is 0 Å². The molecule has 0 radical (unpaired) electrons. The Bertz CT molecular complexity index is 943. The third kappa shape index (κ3) is 1.61. The van der Waals surface area contributed by atoms with E-state index in [4.69, 9.17) is 12.2 Å². The fraction of sp³-hybridized carbons (Fsp3) is 0. The van der Waals surface area contributed by atoms with E-state index < -0.39 is 0 Å². The molecule has 2 N–H and O–H groups in total. The Morgan fingerprint density at radius 1 is 0.895 bits per heavy atom. The number of H-pyrrole nitrogens is 2. The van der Waals surface area contributed by atoms with Crippen LogP contribution < -0.4 is 0 Å². The molecule has 3 nitrogen and oxygen atoms in total. The number of hydrogen-bond acceptors (Lipinski definition) is 1. The predicted octanol–water partition coefficient (Wildman–Crippen LogP) is 4.17. The fourth-order valence-corrected chi connectivity index (χ4v) is 2.70. The molecule has 4 aromatic rings. The van der Waals surface area contributed by atoms with Crippen molar-refractivity contribution >= 4 is 34.2 Å². The Kier molecular flexibility index (Phi) is 2.13. The maximum Gasteiger partial charge on any atom is 0.175 e. The van der Waals surface area contributed by atoms with E-state index in [1.165, 1.54) is 10.9 Å². The topological polar surface area (TPSA) is 36.5 Å². The zero-order valence-electron chi connectivity index (χ0n) is 10.1. The summed E-state index contributed by atoms with van der Waals surface area (Å²) in [6, 6.07) is 16.7. The summed E-state index contributed by atoms with van der Waals surface area (Å²) in [5.74, 6) is 0. The first-order valence-corrected chi connectivity index (χ1v) is 6.51. The number of benzene rings is 2. The molecule has 0 aliphatic rings. The lowest BCUT2D eigenvalue weighted by Crippen LogP contribution is -1.91. The van der Waals surface area contributed by atoms with Gasteiger partial charge in [0, 0.05) is 11.9 Å². The monoisotopic (exact) mass is 265 g/mol. The highest BCUT2D eigenvalue weighted by molar-refractivity contribution is 7.71. The van der Waals surface area contributed by atoms with Gasteiger partial charge < -0.3 is 14.5 Å². The van der Waals surface area contributed by atoms with Crippen LogP contribution in [0.15, 0.2) is 54.7 Å². The summed E-state index contributed by atoms with van der Waals surface area (Å²) >= 11 is 5.12. The fourth-order valence-electron chi connectivity index (χ4n) is 2.48. The molecule has 4 rings (SSSR count). The number of nitrogens with zero attached hydrogens (tertiary/aromatic N) is 1. The van der Waals surface area contributed by atoms with E-state index in [9.17, 15) is 0 Å². The molecule has 4 heteroatoms. The van der Waals surface area contributed by atoms with Gasteiger partial charge in [0.05, 0.1) is 16.6 Å². The summed E-state index contributed by atoms with van der Waals surface area (Å²) in [6.07, 6.45) is 2.09. The molecule has 0 bridgehead atoms. The highest BCUT2D eigenvalue weighted by Gasteiger charge is 2.04. The number of rotatable bonds is 1. The third-order valence-electron chi connectivity index (χ3n) is 3.38. The lowest BCUT2D eigenvalue weighted by molar-refractivity contribution is 1.13. The second kappa shape index (κ2) is 3.83. The molecule has 0 aliphatic carbocycles. The average molecular weight is 265 g/mol. The number of hydrogen-bond donors (Lipinski definition) is 2. The lowest BCUT2D eigenvalue weighted by atomic mass is 10.2. The second-order valence-corrected chi connectivity index (χ2v) is 4.96. The first-order valence-electron chi connectivity index (χ1n) is 6.10. The molecule has 2 aromatic carbocycles. The van der Waals surface area contributed by atoms with Crippen molar-refractivity contribution in [2.24, 2.45) is 0 Å². The summed E-state index contributed by atoms with van der Waals surface area (Å²) < 4.78 is 2.84. The minimum Gasteiger partial charge on any atom is -0.331 e. The number of imidazole rings is 1. The van der Waals surface area contributed by atoms with Crippen LogP contribution in [0.5, 0.6) is 0 Å². The standard InChI is InChI=1S/C15H11N3S/c19-15-16-12-6-5-11(9-13(12)17-15)18-8-7-10-3-1-2-4-14(10)18/h1-9H,(H2,16,17,19). The van der Waals surface area contributed by atoms with Crippen LogP contribution >= 0.6 is 12.2 Å². The van der Waals surface area contributed by atoms with Gasteiger partial charge in [-0.25, -0.2) is 0 Å². The van der Waals surface area contributed by atoms with Crippen molar-refractivity contribution in [1.29, 1.82) is 0 Å². The summed E-state index contributed by atoms with van der Waals surface area (Å²) in [5, 5.41) is 1.24. The molecule has 0 unspecified atom stereocenters. The first-order chi connectivity index (χ1) is 9.31. The summed E-state index contributed by atoms with van der Waals surface area (Å²) in [6.45, 7) is 0. The normalized spacial score (nSPS) is 11.4. The number of aromatic nitrogens is 3. The Balaban J connectivity index is 2.00. The third-order valence-corrected chi connectivity index (χ3v) is 3.58. The van der Waals surface area contributed by atoms with Crippen LogP contribution in [0.25, 0.3) is 27.6 Å². The van der Waals surface area contributed by atoms with E-state index in [0.29, 0.717) is 4.77 Å². The van der Waals surface area contributed by atoms with Crippen molar-refractivity contribution in [3.8, 4) is 5.69 Å². The molecule has 2 heterocycles. The van der Waals surface area contributed by atoms with Gasteiger partial charge in [0.2, 0.25) is 0 Å². The molecule has 0 saturated heterocycles. The molecular weight excluding hydrogens is 254 g/mol. The van der Waals surface area contributed by atoms with Crippen LogP contribution in [-0.2, 0) is 0 Å². The molecule has 0 fully saturated rings. The van der Waals surface area contributed by atoms with Crippen LogP contribution in [0.4, 0.5) is 0 Å². The van der Waals surface area contributed by atoms with Gasteiger partial charge in [-0.2, -0.15) is 0 Å². The van der Waals surface area contributed by atoms with Gasteiger partial charge in [-0.1, -0.05) is 18.2 Å². The van der Waals surface area contributed by atoms with E-state index in [2.05, 4.69) is 63.2 Å². The van der Waals surface area contributed by atoms with E-state index in [1.54, 1.807) is 0 Å². The van der Waals surface area contributed by atoms with Crippen LogP contribution in [-0.4, -0.2) is 14.5 Å². The maximum absolute atomic E-state index is 5.12. The predicted molar refractivity (Wildman–Crippen MR) is 80.3 cm³/mol. The zero-order valence-corrected chi connectivity index (χ0v) is 10.9. The van der Waals surface area contributed by atoms with E-state index in [0.717, 1.165) is 16.7 Å². The first kappa shape index (κ1) is 10.6. The van der Waals surface area contributed by atoms with Gasteiger partial charge in [-0.05, 0) is 47.9 Å². The molecule has 2 aromatic heterocycles. The van der Waals surface area contributed by atoms with Crippen LogP contribution in [0.2, 0.25) is 0 Å². The molecule has 0 spiro atoms. The van der Waals surface area contributed by atoms with E-state index in [1.807, 2.05) is 6.07 Å². The molecule has 19 heavy (non-hydrogen) atoms. The van der Waals surface area contributed by atoms with Gasteiger partial charge in [-0.15, -0.1) is 0 Å². The molecular formula is C15H11N3S. The molecule has 0 aliphatic heterocycles. The lowest BCUT2D eigenvalue weighted by Gasteiger charge is -2.05. The van der Waals surface area contributed by atoms with Gasteiger partial charge in [0.25, 0.3) is 0 Å². The average Bonchev–Trinajstić information content (AvgIpc) is 2.99. The van der Waals surface area contributed by atoms with E-state index in [-0.39, 0.29) is 0 Å². The van der Waals surface area contributed by atoms with Crippen LogP contribution in [0.1, 0.15) is 0 Å². The number of para-hydroxylation sites is 1. The van der Waals surface area contributed by atoms with Crippen molar-refractivity contribution in [2.75, 3.05) is 0 Å². The Morgan fingerprint density at radius 2 is 1.74 bits per heavy atom. The van der Waals surface area contributed by atoms with Crippen LogP contribution in [0.3, 0.4) is 0 Å². The van der Waals surface area contributed by atoms with Gasteiger partial charge in [0.15, 0.2) is 4.77 Å². The van der Waals surface area contributed by atoms with Gasteiger partial charge in [0.1, 0.15) is 0 Å². The largest absolute Gasteiger partial charge is 0.331 e. The molecule has 0 saturated carbocycles.